The Morgan fingerprint density at radius 1 is 1.47 bits per heavy atom. The monoisotopic (exact) mass is 202 g/mol. The van der Waals surface area contributed by atoms with E-state index in [2.05, 4.69) is 6.58 Å². The van der Waals surface area contributed by atoms with Crippen molar-refractivity contribution in [1.29, 1.82) is 0 Å². The third-order valence-corrected chi connectivity index (χ3v) is 2.19. The van der Waals surface area contributed by atoms with Crippen LogP contribution in [-0.4, -0.2) is 7.11 Å². The Labute approximate surface area is 86.6 Å². The normalized spacial score (nSPS) is 10.2. The standard InChI is InChI=1S/C12H10O3/c1-3-9-7-8-5-4-6-10(14-2)11(8)12(13)15-9/h3-7H,1H2,2H3. The maximum Gasteiger partial charge on any atom is 0.347 e. The Kier molecular flexibility index (Phi) is 2.29. The van der Waals surface area contributed by atoms with E-state index in [4.69, 9.17) is 9.15 Å². The lowest BCUT2D eigenvalue weighted by Gasteiger charge is -2.03. The lowest BCUT2D eigenvalue weighted by Crippen LogP contribution is -2.02. The number of rotatable bonds is 2. The number of hydrogen-bond acceptors (Lipinski definition) is 3. The summed E-state index contributed by atoms with van der Waals surface area (Å²) in [5, 5.41) is 1.26. The third-order valence-electron chi connectivity index (χ3n) is 2.19. The summed E-state index contributed by atoms with van der Waals surface area (Å²) in [5.41, 5.74) is -0.403. The second kappa shape index (κ2) is 3.61. The summed E-state index contributed by atoms with van der Waals surface area (Å²) in [4.78, 5) is 11.6. The summed E-state index contributed by atoms with van der Waals surface area (Å²) in [6, 6.07) is 7.15. The zero-order valence-electron chi connectivity index (χ0n) is 8.32. The van der Waals surface area contributed by atoms with Crippen molar-refractivity contribution in [3.63, 3.8) is 0 Å². The molecule has 1 aromatic heterocycles. The van der Waals surface area contributed by atoms with Crippen LogP contribution >= 0.6 is 0 Å². The molecule has 0 aliphatic heterocycles. The fraction of sp³-hybridized carbons (Fsp3) is 0.0833. The molecule has 2 aromatic rings. The first-order valence-electron chi connectivity index (χ1n) is 4.49. The van der Waals surface area contributed by atoms with Gasteiger partial charge in [0, 0.05) is 0 Å². The Hall–Kier alpha value is -2.03. The molecule has 0 saturated heterocycles. The molecule has 0 bridgehead atoms. The SMILES string of the molecule is C=Cc1cc2cccc(OC)c2c(=O)o1. The predicted octanol–water partition coefficient (Wildman–Crippen LogP) is 2.44. The Bertz CT molecular complexity index is 567. The molecule has 0 N–H and O–H groups in total. The molecular formula is C12H10O3. The molecule has 1 aromatic carbocycles. The van der Waals surface area contributed by atoms with Crippen molar-refractivity contribution < 1.29 is 9.15 Å². The number of benzene rings is 1. The lowest BCUT2D eigenvalue weighted by atomic mass is 10.1. The Morgan fingerprint density at radius 2 is 2.27 bits per heavy atom. The van der Waals surface area contributed by atoms with E-state index < -0.39 is 5.63 Å². The molecule has 0 radical (unpaired) electrons. The molecule has 0 aliphatic rings. The second-order valence-electron chi connectivity index (χ2n) is 3.06. The van der Waals surface area contributed by atoms with Crippen molar-refractivity contribution in [2.75, 3.05) is 7.11 Å². The van der Waals surface area contributed by atoms with Crippen LogP contribution in [0.25, 0.3) is 16.8 Å². The lowest BCUT2D eigenvalue weighted by molar-refractivity contribution is 0.416. The minimum Gasteiger partial charge on any atom is -0.496 e. The average Bonchev–Trinajstić information content (AvgIpc) is 2.27. The molecule has 2 rings (SSSR count). The molecule has 0 aliphatic carbocycles. The molecule has 3 nitrogen and oxygen atoms in total. The molecule has 0 fully saturated rings. The quantitative estimate of drug-likeness (QED) is 0.750. The van der Waals surface area contributed by atoms with Gasteiger partial charge in [-0.25, -0.2) is 4.79 Å². The van der Waals surface area contributed by atoms with E-state index in [1.807, 2.05) is 12.1 Å². The van der Waals surface area contributed by atoms with E-state index in [-0.39, 0.29) is 0 Å². The van der Waals surface area contributed by atoms with Crippen LogP contribution in [0.4, 0.5) is 0 Å². The van der Waals surface area contributed by atoms with Crippen LogP contribution in [0.2, 0.25) is 0 Å². The van der Waals surface area contributed by atoms with Gasteiger partial charge in [0.15, 0.2) is 0 Å². The summed E-state index contributed by atoms with van der Waals surface area (Å²) >= 11 is 0. The van der Waals surface area contributed by atoms with Gasteiger partial charge in [-0.05, 0) is 23.6 Å². The van der Waals surface area contributed by atoms with Crippen molar-refractivity contribution >= 4 is 16.8 Å². The fourth-order valence-corrected chi connectivity index (χ4v) is 1.50. The van der Waals surface area contributed by atoms with Crippen LogP contribution in [0.15, 0.2) is 40.1 Å². The fourth-order valence-electron chi connectivity index (χ4n) is 1.50. The topological polar surface area (TPSA) is 39.4 Å². The van der Waals surface area contributed by atoms with Crippen molar-refractivity contribution in [2.24, 2.45) is 0 Å². The first-order valence-corrected chi connectivity index (χ1v) is 4.49. The number of methoxy groups -OCH3 is 1. The molecule has 1 heterocycles. The summed E-state index contributed by atoms with van der Waals surface area (Å²) in [7, 11) is 1.52. The Balaban J connectivity index is 2.90. The van der Waals surface area contributed by atoms with Crippen LogP contribution in [0, 0.1) is 0 Å². The summed E-state index contributed by atoms with van der Waals surface area (Å²) < 4.78 is 10.1. The highest BCUT2D eigenvalue weighted by Gasteiger charge is 2.07. The third kappa shape index (κ3) is 1.52. The van der Waals surface area contributed by atoms with Gasteiger partial charge in [-0.2, -0.15) is 0 Å². The number of hydrogen-bond donors (Lipinski definition) is 0. The molecule has 0 atom stereocenters. The van der Waals surface area contributed by atoms with Gasteiger partial charge in [0.1, 0.15) is 16.9 Å². The molecule has 3 heteroatoms. The summed E-state index contributed by atoms with van der Waals surface area (Å²) in [5.74, 6) is 0.984. The van der Waals surface area contributed by atoms with Crippen molar-refractivity contribution in [3.8, 4) is 5.75 Å². The van der Waals surface area contributed by atoms with Crippen molar-refractivity contribution in [2.45, 2.75) is 0 Å². The predicted molar refractivity (Wildman–Crippen MR) is 59.1 cm³/mol. The van der Waals surface area contributed by atoms with Crippen LogP contribution in [0.5, 0.6) is 5.75 Å². The van der Waals surface area contributed by atoms with E-state index in [9.17, 15) is 4.79 Å². The van der Waals surface area contributed by atoms with Gasteiger partial charge in [0.05, 0.1) is 7.11 Å². The first kappa shape index (κ1) is 9.52. The maximum absolute atomic E-state index is 11.6. The van der Waals surface area contributed by atoms with Gasteiger partial charge in [-0.3, -0.25) is 0 Å². The highest BCUT2D eigenvalue weighted by molar-refractivity contribution is 5.87. The molecule has 0 saturated carbocycles. The first-order chi connectivity index (χ1) is 7.26. The molecule has 0 spiro atoms. The van der Waals surface area contributed by atoms with E-state index in [0.29, 0.717) is 16.9 Å². The highest BCUT2D eigenvalue weighted by atomic mass is 16.5. The van der Waals surface area contributed by atoms with Crippen molar-refractivity contribution in [3.05, 3.63) is 47.0 Å². The van der Waals surface area contributed by atoms with Gasteiger partial charge >= 0.3 is 5.63 Å². The summed E-state index contributed by atoms with van der Waals surface area (Å²) in [6.45, 7) is 3.56. The van der Waals surface area contributed by atoms with E-state index in [1.165, 1.54) is 13.2 Å². The van der Waals surface area contributed by atoms with Crippen LogP contribution in [-0.2, 0) is 0 Å². The molecular weight excluding hydrogens is 192 g/mol. The maximum atomic E-state index is 11.6. The van der Waals surface area contributed by atoms with Gasteiger partial charge in [0.25, 0.3) is 0 Å². The average molecular weight is 202 g/mol. The Morgan fingerprint density at radius 3 is 2.93 bits per heavy atom. The molecule has 0 amide bonds. The summed E-state index contributed by atoms with van der Waals surface area (Å²) in [6.07, 6.45) is 1.50. The molecule has 0 unspecified atom stereocenters. The minimum absolute atomic E-state index is 0.403. The van der Waals surface area contributed by atoms with E-state index in [0.717, 1.165) is 5.39 Å². The second-order valence-corrected chi connectivity index (χ2v) is 3.06. The van der Waals surface area contributed by atoms with Gasteiger partial charge in [-0.1, -0.05) is 18.7 Å². The van der Waals surface area contributed by atoms with Gasteiger partial charge in [0.2, 0.25) is 0 Å². The molecule has 15 heavy (non-hydrogen) atoms. The number of fused-ring (bicyclic) bond motifs is 1. The van der Waals surface area contributed by atoms with Gasteiger partial charge in [-0.15, -0.1) is 0 Å². The number of ether oxygens (including phenoxy) is 1. The van der Waals surface area contributed by atoms with E-state index >= 15 is 0 Å². The van der Waals surface area contributed by atoms with Crippen molar-refractivity contribution in [1.82, 2.24) is 0 Å². The smallest absolute Gasteiger partial charge is 0.347 e. The van der Waals surface area contributed by atoms with E-state index in [1.54, 1.807) is 12.1 Å². The molecule has 76 valence electrons. The van der Waals surface area contributed by atoms with Crippen LogP contribution < -0.4 is 10.4 Å². The highest BCUT2D eigenvalue weighted by Crippen LogP contribution is 2.22. The zero-order chi connectivity index (χ0) is 10.8. The largest absolute Gasteiger partial charge is 0.496 e. The van der Waals surface area contributed by atoms with Gasteiger partial charge < -0.3 is 9.15 Å². The minimum atomic E-state index is -0.403. The zero-order valence-corrected chi connectivity index (χ0v) is 8.32. The van der Waals surface area contributed by atoms with Crippen LogP contribution in [0.3, 0.4) is 0 Å². The van der Waals surface area contributed by atoms with Crippen LogP contribution in [0.1, 0.15) is 5.76 Å².